The van der Waals surface area contributed by atoms with Crippen LogP contribution >= 0.6 is 0 Å². The van der Waals surface area contributed by atoms with Crippen LogP contribution in [0.15, 0.2) is 77.8 Å². The number of sulfonamides is 1. The van der Waals surface area contributed by atoms with Crippen LogP contribution in [0.1, 0.15) is 23.9 Å². The van der Waals surface area contributed by atoms with Gasteiger partial charge in [0.05, 0.1) is 24.8 Å². The van der Waals surface area contributed by atoms with Gasteiger partial charge in [-0.15, -0.1) is 5.10 Å². The highest BCUT2D eigenvalue weighted by atomic mass is 32.2. The van der Waals surface area contributed by atoms with Crippen molar-refractivity contribution in [1.29, 1.82) is 0 Å². The second-order valence-corrected chi connectivity index (χ2v) is 10.8. The summed E-state index contributed by atoms with van der Waals surface area (Å²) >= 11 is 0. The second kappa shape index (κ2) is 10.0. The Morgan fingerprint density at radius 2 is 1.75 bits per heavy atom. The first-order valence-electron chi connectivity index (χ1n) is 11.6. The first-order chi connectivity index (χ1) is 17.4. The van der Waals surface area contributed by atoms with E-state index < -0.39 is 16.1 Å². The van der Waals surface area contributed by atoms with Crippen LogP contribution in [-0.2, 0) is 34.5 Å². The first-order valence-corrected chi connectivity index (χ1v) is 13.2. The lowest BCUT2D eigenvalue weighted by Gasteiger charge is -2.26. The fourth-order valence-electron chi connectivity index (χ4n) is 4.25. The molecule has 4 heterocycles. The van der Waals surface area contributed by atoms with Gasteiger partial charge in [-0.25, -0.2) is 13.1 Å². The molecule has 1 atom stereocenters. The average molecular weight is 507 g/mol. The van der Waals surface area contributed by atoms with Crippen molar-refractivity contribution in [3.63, 3.8) is 0 Å². The highest BCUT2D eigenvalue weighted by molar-refractivity contribution is 7.89. The molecule has 1 saturated heterocycles. The largest absolute Gasteiger partial charge is 0.467 e. The third-order valence-corrected chi connectivity index (χ3v) is 8.08. The summed E-state index contributed by atoms with van der Waals surface area (Å²) in [6.07, 6.45) is 6.78. The van der Waals surface area contributed by atoms with Crippen LogP contribution in [0.25, 0.3) is 11.1 Å². The van der Waals surface area contributed by atoms with E-state index in [0.717, 1.165) is 22.5 Å². The van der Waals surface area contributed by atoms with Gasteiger partial charge in [0.2, 0.25) is 15.9 Å². The van der Waals surface area contributed by atoms with Gasteiger partial charge in [0.25, 0.3) is 0 Å². The molecule has 5 rings (SSSR count). The van der Waals surface area contributed by atoms with Gasteiger partial charge in [0.15, 0.2) is 0 Å². The summed E-state index contributed by atoms with van der Waals surface area (Å²) in [5.74, 6) is 0.324. The van der Waals surface area contributed by atoms with Crippen molar-refractivity contribution < 1.29 is 17.6 Å². The Bertz CT molecular complexity index is 1420. The monoisotopic (exact) mass is 506 g/mol. The molecule has 186 valence electrons. The number of benzene rings is 1. The van der Waals surface area contributed by atoms with Gasteiger partial charge in [0, 0.05) is 25.5 Å². The number of furan rings is 1. The van der Waals surface area contributed by atoms with Crippen LogP contribution in [0.3, 0.4) is 0 Å². The molecule has 11 heteroatoms. The molecule has 1 unspecified atom stereocenters. The zero-order valence-corrected chi connectivity index (χ0v) is 20.6. The van der Waals surface area contributed by atoms with Crippen molar-refractivity contribution in [2.75, 3.05) is 12.3 Å². The number of carbonyl (C=O) groups is 1. The molecule has 0 bridgehead atoms. The Hall–Kier alpha value is -3.83. The molecule has 1 amide bonds. The zero-order chi connectivity index (χ0) is 25.1. The van der Waals surface area contributed by atoms with Crippen molar-refractivity contribution in [1.82, 2.24) is 29.2 Å². The van der Waals surface area contributed by atoms with Crippen LogP contribution in [0.5, 0.6) is 0 Å². The number of hydrogen-bond donors (Lipinski definition) is 0. The van der Waals surface area contributed by atoms with Crippen LogP contribution < -0.4 is 0 Å². The second-order valence-electron chi connectivity index (χ2n) is 8.72. The lowest BCUT2D eigenvalue weighted by atomic mass is 10.1. The summed E-state index contributed by atoms with van der Waals surface area (Å²) in [5.41, 5.74) is 3.43. The molecule has 36 heavy (non-hydrogen) atoms. The molecule has 0 aliphatic carbocycles. The van der Waals surface area contributed by atoms with Crippen LogP contribution in [0.2, 0.25) is 0 Å². The van der Waals surface area contributed by atoms with Crippen molar-refractivity contribution in [2.45, 2.75) is 32.6 Å². The summed E-state index contributed by atoms with van der Waals surface area (Å²) in [5, 5.41) is 8.24. The lowest BCUT2D eigenvalue weighted by Crippen LogP contribution is -2.45. The summed E-state index contributed by atoms with van der Waals surface area (Å²) in [6, 6.07) is 14.3. The third kappa shape index (κ3) is 5.21. The zero-order valence-electron chi connectivity index (χ0n) is 19.8. The van der Waals surface area contributed by atoms with Crippen molar-refractivity contribution >= 4 is 15.9 Å². The van der Waals surface area contributed by atoms with Gasteiger partial charge in [-0.3, -0.25) is 9.78 Å². The standard InChI is InChI=1S/C25H26N6O4S/c1-19-25(32)29(16-23-17-30(28-27-23)18-24-3-2-13-35-24)12-14-36(33,34)31(19)15-20-4-6-21(7-5-20)22-8-10-26-11-9-22/h2-11,13,17,19H,12,14-16,18H2,1H3. The van der Waals surface area contributed by atoms with E-state index >= 15 is 0 Å². The fourth-order valence-corrected chi connectivity index (χ4v) is 5.85. The van der Waals surface area contributed by atoms with Gasteiger partial charge in [-0.2, -0.15) is 4.31 Å². The number of amides is 1. The van der Waals surface area contributed by atoms with E-state index in [1.54, 1.807) is 42.5 Å². The predicted molar refractivity (Wildman–Crippen MR) is 132 cm³/mol. The Balaban J connectivity index is 1.28. The maximum Gasteiger partial charge on any atom is 0.241 e. The number of hydrogen-bond acceptors (Lipinski definition) is 7. The van der Waals surface area contributed by atoms with Crippen molar-refractivity contribution in [3.05, 3.63) is 90.4 Å². The summed E-state index contributed by atoms with van der Waals surface area (Å²) < 4.78 is 34.5. The van der Waals surface area contributed by atoms with Crippen LogP contribution in [0.4, 0.5) is 0 Å². The molecule has 1 aliphatic heterocycles. The molecule has 3 aromatic heterocycles. The van der Waals surface area contributed by atoms with E-state index in [0.29, 0.717) is 12.2 Å². The van der Waals surface area contributed by atoms with Gasteiger partial charge < -0.3 is 9.32 Å². The summed E-state index contributed by atoms with van der Waals surface area (Å²) in [4.78, 5) is 18.9. The molecule has 10 nitrogen and oxygen atoms in total. The maximum atomic E-state index is 13.3. The number of nitrogens with zero attached hydrogens (tertiary/aromatic N) is 6. The topological polar surface area (TPSA) is 114 Å². The SMILES string of the molecule is CC1C(=O)N(Cc2cn(Cc3ccco3)nn2)CCS(=O)(=O)N1Cc1ccc(-c2ccncc2)cc1. The average Bonchev–Trinajstić information content (AvgIpc) is 3.56. The Kier molecular flexibility index (Phi) is 6.66. The van der Waals surface area contributed by atoms with E-state index in [9.17, 15) is 13.2 Å². The fraction of sp³-hybridized carbons (Fsp3) is 0.280. The lowest BCUT2D eigenvalue weighted by molar-refractivity contribution is -0.134. The number of pyridine rings is 1. The Labute approximate surface area is 209 Å². The quantitative estimate of drug-likeness (QED) is 0.378. The van der Waals surface area contributed by atoms with Gasteiger partial charge in [-0.05, 0) is 47.9 Å². The Morgan fingerprint density at radius 3 is 2.47 bits per heavy atom. The molecule has 1 aliphatic rings. The van der Waals surface area contributed by atoms with E-state index in [1.165, 1.54) is 9.21 Å². The molecular formula is C25H26N6O4S. The van der Waals surface area contributed by atoms with E-state index in [-0.39, 0.29) is 31.3 Å². The molecule has 0 spiro atoms. The number of aromatic nitrogens is 4. The first kappa shape index (κ1) is 23.9. The van der Waals surface area contributed by atoms with Crippen molar-refractivity contribution in [2.24, 2.45) is 0 Å². The molecule has 0 N–H and O–H groups in total. The number of rotatable bonds is 7. The highest BCUT2D eigenvalue weighted by Gasteiger charge is 2.38. The Morgan fingerprint density at radius 1 is 1.00 bits per heavy atom. The molecule has 0 radical (unpaired) electrons. The van der Waals surface area contributed by atoms with Gasteiger partial charge in [-0.1, -0.05) is 29.5 Å². The number of carbonyl (C=O) groups excluding carboxylic acids is 1. The normalized spacial score (nSPS) is 18.3. The van der Waals surface area contributed by atoms with Gasteiger partial charge in [0.1, 0.15) is 24.0 Å². The molecular weight excluding hydrogens is 480 g/mol. The predicted octanol–water partition coefficient (Wildman–Crippen LogP) is 2.54. The smallest absolute Gasteiger partial charge is 0.241 e. The van der Waals surface area contributed by atoms with E-state index in [1.807, 2.05) is 42.5 Å². The molecule has 1 aromatic carbocycles. The van der Waals surface area contributed by atoms with Crippen LogP contribution in [0, 0.1) is 0 Å². The van der Waals surface area contributed by atoms with Gasteiger partial charge >= 0.3 is 0 Å². The van der Waals surface area contributed by atoms with Crippen molar-refractivity contribution in [3.8, 4) is 11.1 Å². The molecule has 0 saturated carbocycles. The minimum absolute atomic E-state index is 0.0913. The minimum atomic E-state index is -3.65. The minimum Gasteiger partial charge on any atom is -0.467 e. The van der Waals surface area contributed by atoms with Crippen LogP contribution in [-0.4, -0.2) is 61.8 Å². The van der Waals surface area contributed by atoms with E-state index in [4.69, 9.17) is 4.42 Å². The molecule has 4 aromatic rings. The summed E-state index contributed by atoms with van der Waals surface area (Å²) in [7, 11) is -3.65. The van der Waals surface area contributed by atoms with E-state index in [2.05, 4.69) is 15.3 Å². The third-order valence-electron chi connectivity index (χ3n) is 6.22. The molecule has 1 fully saturated rings. The summed E-state index contributed by atoms with van der Waals surface area (Å²) in [6.45, 7) is 2.46. The highest BCUT2D eigenvalue weighted by Crippen LogP contribution is 2.23. The maximum absolute atomic E-state index is 13.3.